The fourth-order valence-electron chi connectivity index (χ4n) is 2.51. The topological polar surface area (TPSA) is 144 Å². The number of halogens is 1. The van der Waals surface area contributed by atoms with Crippen molar-refractivity contribution >= 4 is 37.6 Å². The van der Waals surface area contributed by atoms with Crippen molar-refractivity contribution in [2.24, 2.45) is 0 Å². The van der Waals surface area contributed by atoms with Gasteiger partial charge in [-0.2, -0.15) is 0 Å². The van der Waals surface area contributed by atoms with E-state index in [9.17, 15) is 23.4 Å². The van der Waals surface area contributed by atoms with Gasteiger partial charge in [0.25, 0.3) is 10.0 Å². The molecule has 2 aromatic rings. The summed E-state index contributed by atoms with van der Waals surface area (Å²) in [6.45, 7) is 1.43. The third kappa shape index (κ3) is 4.71. The van der Waals surface area contributed by atoms with Crippen molar-refractivity contribution < 1.29 is 33.6 Å². The molecule has 0 amide bonds. The maximum absolute atomic E-state index is 12.7. The molecule has 2 aromatic carbocycles. The Kier molecular flexibility index (Phi) is 6.34. The van der Waals surface area contributed by atoms with E-state index in [0.717, 1.165) is 0 Å². The molecule has 0 heterocycles. The fourth-order valence-corrected chi connectivity index (χ4v) is 4.39. The van der Waals surface area contributed by atoms with E-state index in [4.69, 9.17) is 10.2 Å². The number of anilines is 1. The first-order valence-electron chi connectivity index (χ1n) is 7.78. The Labute approximate surface area is 164 Å². The number of hydrogen-bond acceptors (Lipinski definition) is 6. The van der Waals surface area contributed by atoms with E-state index in [1.165, 1.54) is 24.3 Å². The number of aromatic hydroxyl groups is 2. The molecule has 0 atom stereocenters. The van der Waals surface area contributed by atoms with Crippen LogP contribution >= 0.6 is 15.9 Å². The molecular formula is C17H18BrNO7S. The Hall–Kier alpha value is -2.30. The van der Waals surface area contributed by atoms with Crippen LogP contribution in [0.15, 0.2) is 33.6 Å². The number of aliphatic hydroxyl groups is 1. The van der Waals surface area contributed by atoms with Crippen LogP contribution in [0.25, 0.3) is 0 Å². The molecule has 5 N–H and O–H groups in total. The van der Waals surface area contributed by atoms with Gasteiger partial charge >= 0.3 is 5.97 Å². The lowest BCUT2D eigenvalue weighted by Gasteiger charge is -2.15. The lowest BCUT2D eigenvalue weighted by Crippen LogP contribution is -2.15. The number of phenols is 2. The summed E-state index contributed by atoms with van der Waals surface area (Å²) in [5.41, 5.74) is -0.0260. The molecule has 0 aromatic heterocycles. The standard InChI is InChI=1S/C17H18BrNO7S/c1-9-5-12(17(23)24)16(22)13(6-9)19-27(25,26)14-8-11(18)7-10(15(14)21)3-2-4-20/h5-8,19-22H,2-4H2,1H3,(H,23,24). The highest BCUT2D eigenvalue weighted by Gasteiger charge is 2.25. The van der Waals surface area contributed by atoms with E-state index in [0.29, 0.717) is 22.0 Å². The quantitative estimate of drug-likeness (QED) is 0.400. The maximum Gasteiger partial charge on any atom is 0.339 e. The van der Waals surface area contributed by atoms with Crippen LogP contribution < -0.4 is 4.72 Å². The van der Waals surface area contributed by atoms with Crippen molar-refractivity contribution in [3.8, 4) is 11.5 Å². The van der Waals surface area contributed by atoms with Gasteiger partial charge in [0.05, 0.1) is 5.69 Å². The Morgan fingerprint density at radius 2 is 1.81 bits per heavy atom. The number of phenolic OH excluding ortho intramolecular Hbond substituents is 1. The SMILES string of the molecule is Cc1cc(NS(=O)(=O)c2cc(Br)cc(CCCO)c2O)c(O)c(C(=O)O)c1. The van der Waals surface area contributed by atoms with E-state index in [-0.39, 0.29) is 18.7 Å². The van der Waals surface area contributed by atoms with Crippen molar-refractivity contribution in [3.63, 3.8) is 0 Å². The number of rotatable bonds is 7. The zero-order valence-corrected chi connectivity index (χ0v) is 16.6. The van der Waals surface area contributed by atoms with Crippen LogP contribution in [0, 0.1) is 6.92 Å². The predicted octanol–water partition coefficient (Wildman–Crippen LogP) is 2.59. The number of aliphatic hydroxyl groups excluding tert-OH is 1. The van der Waals surface area contributed by atoms with Crippen molar-refractivity contribution in [3.05, 3.63) is 45.4 Å². The number of sulfonamides is 1. The molecule has 0 aliphatic rings. The predicted molar refractivity (Wildman–Crippen MR) is 102 cm³/mol. The molecule has 0 radical (unpaired) electrons. The molecule has 0 spiro atoms. The summed E-state index contributed by atoms with van der Waals surface area (Å²) in [5.74, 6) is -2.62. The molecule has 0 bridgehead atoms. The molecule has 0 aliphatic heterocycles. The highest BCUT2D eigenvalue weighted by molar-refractivity contribution is 9.10. The number of aromatic carboxylic acids is 1. The van der Waals surface area contributed by atoms with Crippen LogP contribution in [0.4, 0.5) is 5.69 Å². The summed E-state index contributed by atoms with van der Waals surface area (Å²) in [6, 6.07) is 5.21. The van der Waals surface area contributed by atoms with E-state index in [2.05, 4.69) is 20.7 Å². The summed E-state index contributed by atoms with van der Waals surface area (Å²) >= 11 is 3.18. The second kappa shape index (κ2) is 8.15. The van der Waals surface area contributed by atoms with Gasteiger partial charge in [-0.25, -0.2) is 13.2 Å². The molecule has 0 aliphatic carbocycles. The zero-order valence-electron chi connectivity index (χ0n) is 14.2. The highest BCUT2D eigenvalue weighted by atomic mass is 79.9. The van der Waals surface area contributed by atoms with Crippen LogP contribution in [0.5, 0.6) is 11.5 Å². The van der Waals surface area contributed by atoms with Crippen LogP contribution in [-0.4, -0.2) is 41.4 Å². The molecule has 146 valence electrons. The van der Waals surface area contributed by atoms with E-state index in [1.54, 1.807) is 6.92 Å². The molecule has 0 fully saturated rings. The monoisotopic (exact) mass is 459 g/mol. The fraction of sp³-hybridized carbons (Fsp3) is 0.235. The molecule has 0 unspecified atom stereocenters. The maximum atomic E-state index is 12.7. The van der Waals surface area contributed by atoms with Crippen molar-refractivity contribution in [2.45, 2.75) is 24.7 Å². The first-order chi connectivity index (χ1) is 12.6. The van der Waals surface area contributed by atoms with Crippen molar-refractivity contribution in [1.82, 2.24) is 0 Å². The summed E-state index contributed by atoms with van der Waals surface area (Å²) in [7, 11) is -4.34. The van der Waals surface area contributed by atoms with Crippen LogP contribution in [0.2, 0.25) is 0 Å². The average Bonchev–Trinajstić information content (AvgIpc) is 2.57. The van der Waals surface area contributed by atoms with E-state index < -0.39 is 38.0 Å². The smallest absolute Gasteiger partial charge is 0.339 e. The summed E-state index contributed by atoms with van der Waals surface area (Å²) in [4.78, 5) is 10.8. The first-order valence-corrected chi connectivity index (χ1v) is 10.1. The van der Waals surface area contributed by atoms with Gasteiger partial charge in [0, 0.05) is 11.1 Å². The number of benzene rings is 2. The Morgan fingerprint density at radius 3 is 2.41 bits per heavy atom. The van der Waals surface area contributed by atoms with Gasteiger partial charge in [0.1, 0.15) is 16.2 Å². The average molecular weight is 460 g/mol. The Balaban J connectivity index is 2.52. The zero-order chi connectivity index (χ0) is 20.4. The highest BCUT2D eigenvalue weighted by Crippen LogP contribution is 2.35. The van der Waals surface area contributed by atoms with Gasteiger partial charge in [-0.15, -0.1) is 0 Å². The molecule has 27 heavy (non-hydrogen) atoms. The van der Waals surface area contributed by atoms with Gasteiger partial charge in [-0.3, -0.25) is 4.72 Å². The lowest BCUT2D eigenvalue weighted by molar-refractivity contribution is 0.0693. The van der Waals surface area contributed by atoms with Gasteiger partial charge in [-0.1, -0.05) is 15.9 Å². The number of aryl methyl sites for hydroxylation is 2. The number of hydrogen-bond donors (Lipinski definition) is 5. The molecule has 10 heteroatoms. The Morgan fingerprint density at radius 1 is 1.15 bits per heavy atom. The molecule has 0 saturated carbocycles. The molecule has 2 rings (SSSR count). The number of carboxylic acids is 1. The van der Waals surface area contributed by atoms with Gasteiger partial charge in [-0.05, 0) is 55.2 Å². The minimum Gasteiger partial charge on any atom is -0.506 e. The Bertz CT molecular complexity index is 989. The number of carbonyl (C=O) groups is 1. The minimum atomic E-state index is -4.34. The van der Waals surface area contributed by atoms with Crippen LogP contribution in [-0.2, 0) is 16.4 Å². The molecule has 0 saturated heterocycles. The second-order valence-electron chi connectivity index (χ2n) is 5.86. The summed E-state index contributed by atoms with van der Waals surface area (Å²) in [5, 5.41) is 38.5. The number of nitrogens with one attached hydrogen (secondary N) is 1. The van der Waals surface area contributed by atoms with E-state index in [1.807, 2.05) is 0 Å². The summed E-state index contributed by atoms with van der Waals surface area (Å²) < 4.78 is 28.0. The third-order valence-electron chi connectivity index (χ3n) is 3.74. The van der Waals surface area contributed by atoms with Crippen molar-refractivity contribution in [1.29, 1.82) is 0 Å². The molecular weight excluding hydrogens is 442 g/mol. The largest absolute Gasteiger partial charge is 0.506 e. The summed E-state index contributed by atoms with van der Waals surface area (Å²) in [6.07, 6.45) is 0.584. The van der Waals surface area contributed by atoms with Gasteiger partial charge < -0.3 is 20.4 Å². The van der Waals surface area contributed by atoms with E-state index >= 15 is 0 Å². The second-order valence-corrected chi connectivity index (χ2v) is 8.42. The van der Waals surface area contributed by atoms with Crippen LogP contribution in [0.1, 0.15) is 27.9 Å². The normalized spacial score (nSPS) is 11.4. The van der Waals surface area contributed by atoms with Crippen molar-refractivity contribution in [2.75, 3.05) is 11.3 Å². The minimum absolute atomic E-state index is 0.124. The van der Waals surface area contributed by atoms with Crippen LogP contribution in [0.3, 0.4) is 0 Å². The lowest BCUT2D eigenvalue weighted by atomic mass is 10.1. The number of carboxylic acid groups (broad SMARTS) is 1. The van der Waals surface area contributed by atoms with Gasteiger partial charge in [0.2, 0.25) is 0 Å². The first kappa shape index (κ1) is 21.0. The van der Waals surface area contributed by atoms with Gasteiger partial charge in [0.15, 0.2) is 5.75 Å². The third-order valence-corrected chi connectivity index (χ3v) is 5.58. The molecule has 8 nitrogen and oxygen atoms in total.